The maximum absolute atomic E-state index is 11.4. The molecule has 7 heteroatoms. The van der Waals surface area contributed by atoms with E-state index in [0.29, 0.717) is 32.1 Å². The van der Waals surface area contributed by atoms with Gasteiger partial charge in [0.25, 0.3) is 5.69 Å². The van der Waals surface area contributed by atoms with E-state index < -0.39 is 0 Å². The Bertz CT molecular complexity index is 825. The van der Waals surface area contributed by atoms with Crippen molar-refractivity contribution in [2.45, 2.75) is 26.2 Å². The van der Waals surface area contributed by atoms with Crippen LogP contribution in [0, 0.1) is 10.1 Å². The lowest BCUT2D eigenvalue weighted by molar-refractivity contribution is -0.383. The summed E-state index contributed by atoms with van der Waals surface area (Å²) in [4.78, 5) is 13.2. The molecule has 0 aliphatic carbocycles. The second-order valence-corrected chi connectivity index (χ2v) is 8.11. The van der Waals surface area contributed by atoms with E-state index in [2.05, 4.69) is 43.1 Å². The van der Waals surface area contributed by atoms with Crippen LogP contribution in [0.1, 0.15) is 26.3 Å². The van der Waals surface area contributed by atoms with Crippen molar-refractivity contribution >= 4 is 17.1 Å². The molecule has 1 N–H and O–H groups in total. The van der Waals surface area contributed by atoms with Crippen LogP contribution in [0.2, 0.25) is 0 Å². The Morgan fingerprint density at radius 3 is 2.45 bits per heavy atom. The first-order valence-electron chi connectivity index (χ1n) is 9.93. The fourth-order valence-corrected chi connectivity index (χ4v) is 3.25. The Balaban J connectivity index is 1.59. The summed E-state index contributed by atoms with van der Waals surface area (Å²) >= 11 is 0. The van der Waals surface area contributed by atoms with E-state index in [1.165, 1.54) is 5.56 Å². The predicted octanol–water partition coefficient (Wildman–Crippen LogP) is 4.22. The summed E-state index contributed by atoms with van der Waals surface area (Å²) in [6.45, 7) is 10.3. The summed E-state index contributed by atoms with van der Waals surface area (Å²) in [5.41, 5.74) is 2.88. The first-order valence-corrected chi connectivity index (χ1v) is 9.93. The number of benzene rings is 2. The molecule has 0 spiro atoms. The highest BCUT2D eigenvalue weighted by Crippen LogP contribution is 2.30. The van der Waals surface area contributed by atoms with Crippen molar-refractivity contribution in [1.82, 2.24) is 0 Å². The van der Waals surface area contributed by atoms with E-state index in [1.807, 2.05) is 18.2 Å². The minimum Gasteiger partial charge on any atom is -0.492 e. The second-order valence-electron chi connectivity index (χ2n) is 8.11. The van der Waals surface area contributed by atoms with Gasteiger partial charge in [-0.15, -0.1) is 0 Å². The van der Waals surface area contributed by atoms with E-state index in [4.69, 9.17) is 9.47 Å². The molecule has 1 saturated heterocycles. The molecule has 0 radical (unpaired) electrons. The van der Waals surface area contributed by atoms with E-state index in [-0.39, 0.29) is 16.0 Å². The Morgan fingerprint density at radius 2 is 1.83 bits per heavy atom. The number of nitrogens with zero attached hydrogens (tertiary/aromatic N) is 2. The van der Waals surface area contributed by atoms with E-state index in [0.717, 1.165) is 24.5 Å². The minimum absolute atomic E-state index is 0.0662. The number of hydrogen-bond donors (Lipinski definition) is 1. The fourth-order valence-electron chi connectivity index (χ4n) is 3.25. The highest BCUT2D eigenvalue weighted by Gasteiger charge is 2.18. The van der Waals surface area contributed by atoms with Crippen LogP contribution in [0.5, 0.6) is 5.75 Å². The molecule has 0 atom stereocenters. The van der Waals surface area contributed by atoms with E-state index in [1.54, 1.807) is 12.1 Å². The topological polar surface area (TPSA) is 76.9 Å². The van der Waals surface area contributed by atoms with Gasteiger partial charge in [0.2, 0.25) is 0 Å². The maximum Gasteiger partial charge on any atom is 0.292 e. The minimum atomic E-state index is -0.364. The van der Waals surface area contributed by atoms with Crippen LogP contribution < -0.4 is 15.0 Å². The number of hydrogen-bond acceptors (Lipinski definition) is 6. The first-order chi connectivity index (χ1) is 13.8. The highest BCUT2D eigenvalue weighted by atomic mass is 16.6. The number of anilines is 2. The van der Waals surface area contributed by atoms with Crippen molar-refractivity contribution in [3.8, 4) is 5.75 Å². The fraction of sp³-hybridized carbons (Fsp3) is 0.455. The molecule has 1 fully saturated rings. The SMILES string of the molecule is CC(C)(C)c1ccc(OCCNc2cc(N3CCOCC3)ccc2[N+](=O)[O-])cc1. The van der Waals surface area contributed by atoms with Crippen LogP contribution >= 0.6 is 0 Å². The van der Waals surface area contributed by atoms with Crippen LogP contribution in [-0.4, -0.2) is 44.4 Å². The van der Waals surface area contributed by atoms with Gasteiger partial charge in [-0.1, -0.05) is 32.9 Å². The summed E-state index contributed by atoms with van der Waals surface area (Å²) in [6.07, 6.45) is 0. The molecular weight excluding hydrogens is 370 g/mol. The summed E-state index contributed by atoms with van der Waals surface area (Å²) in [5.74, 6) is 0.788. The Kier molecular flexibility index (Phi) is 6.59. The molecule has 2 aromatic rings. The lowest BCUT2D eigenvalue weighted by atomic mass is 9.87. The zero-order valence-corrected chi connectivity index (χ0v) is 17.3. The smallest absolute Gasteiger partial charge is 0.292 e. The van der Waals surface area contributed by atoms with Gasteiger partial charge in [-0.25, -0.2) is 0 Å². The molecule has 1 aliphatic heterocycles. The van der Waals surface area contributed by atoms with Crippen molar-refractivity contribution in [2.24, 2.45) is 0 Å². The largest absolute Gasteiger partial charge is 0.492 e. The number of nitro groups is 1. The summed E-state index contributed by atoms with van der Waals surface area (Å²) in [6, 6.07) is 13.2. The standard InChI is InChI=1S/C22H29N3O4/c1-22(2,3)17-4-7-19(8-5-17)29-13-10-23-20-16-18(6-9-21(20)25(26)27)24-11-14-28-15-12-24/h4-9,16,23H,10-15H2,1-3H3. The number of morpholine rings is 1. The summed E-state index contributed by atoms with van der Waals surface area (Å²) < 4.78 is 11.2. The number of ether oxygens (including phenoxy) is 2. The van der Waals surface area contributed by atoms with Crippen molar-refractivity contribution in [3.05, 3.63) is 58.1 Å². The molecule has 29 heavy (non-hydrogen) atoms. The second kappa shape index (κ2) is 9.13. The van der Waals surface area contributed by atoms with Crippen LogP contribution in [0.25, 0.3) is 0 Å². The van der Waals surface area contributed by atoms with Gasteiger partial charge in [-0.05, 0) is 35.2 Å². The number of rotatable bonds is 7. The van der Waals surface area contributed by atoms with Crippen LogP contribution in [-0.2, 0) is 10.2 Å². The third kappa shape index (κ3) is 5.60. The lowest BCUT2D eigenvalue weighted by Crippen LogP contribution is -2.36. The van der Waals surface area contributed by atoms with Crippen LogP contribution in [0.4, 0.5) is 17.1 Å². The van der Waals surface area contributed by atoms with Gasteiger partial charge in [0.05, 0.1) is 18.1 Å². The maximum atomic E-state index is 11.4. The number of nitrogens with one attached hydrogen (secondary N) is 1. The molecule has 0 bridgehead atoms. The van der Waals surface area contributed by atoms with Crippen molar-refractivity contribution < 1.29 is 14.4 Å². The van der Waals surface area contributed by atoms with Gasteiger partial charge >= 0.3 is 0 Å². The molecule has 0 saturated carbocycles. The van der Waals surface area contributed by atoms with Gasteiger partial charge in [0, 0.05) is 31.4 Å². The zero-order valence-electron chi connectivity index (χ0n) is 17.3. The van der Waals surface area contributed by atoms with E-state index >= 15 is 0 Å². The van der Waals surface area contributed by atoms with Gasteiger partial charge in [0.1, 0.15) is 18.0 Å². The average molecular weight is 399 g/mol. The Labute approximate surface area is 171 Å². The van der Waals surface area contributed by atoms with Gasteiger partial charge in [0.15, 0.2) is 0 Å². The molecule has 7 nitrogen and oxygen atoms in total. The molecule has 2 aromatic carbocycles. The molecular formula is C22H29N3O4. The number of nitro benzene ring substituents is 1. The lowest BCUT2D eigenvalue weighted by Gasteiger charge is -2.29. The normalized spacial score (nSPS) is 14.5. The summed E-state index contributed by atoms with van der Waals surface area (Å²) in [7, 11) is 0. The zero-order chi connectivity index (χ0) is 20.9. The molecule has 0 unspecified atom stereocenters. The Morgan fingerprint density at radius 1 is 1.14 bits per heavy atom. The van der Waals surface area contributed by atoms with Crippen LogP contribution in [0.15, 0.2) is 42.5 Å². The quantitative estimate of drug-likeness (QED) is 0.427. The molecule has 1 heterocycles. The summed E-state index contributed by atoms with van der Waals surface area (Å²) in [5, 5.41) is 14.5. The Hall–Kier alpha value is -2.80. The predicted molar refractivity (Wildman–Crippen MR) is 115 cm³/mol. The molecule has 1 aliphatic rings. The molecule has 0 amide bonds. The van der Waals surface area contributed by atoms with Crippen molar-refractivity contribution in [1.29, 1.82) is 0 Å². The van der Waals surface area contributed by atoms with Crippen LogP contribution in [0.3, 0.4) is 0 Å². The van der Waals surface area contributed by atoms with Crippen molar-refractivity contribution in [3.63, 3.8) is 0 Å². The van der Waals surface area contributed by atoms with Gasteiger partial charge < -0.3 is 19.7 Å². The highest BCUT2D eigenvalue weighted by molar-refractivity contribution is 5.69. The van der Waals surface area contributed by atoms with Gasteiger partial charge in [-0.3, -0.25) is 10.1 Å². The monoisotopic (exact) mass is 399 g/mol. The van der Waals surface area contributed by atoms with Crippen molar-refractivity contribution in [2.75, 3.05) is 49.7 Å². The third-order valence-electron chi connectivity index (χ3n) is 4.96. The molecule has 156 valence electrons. The van der Waals surface area contributed by atoms with Gasteiger partial charge in [-0.2, -0.15) is 0 Å². The molecule has 3 rings (SSSR count). The molecule has 0 aromatic heterocycles. The first kappa shape index (κ1) is 20.9. The third-order valence-corrected chi connectivity index (χ3v) is 4.96. The van der Waals surface area contributed by atoms with E-state index in [9.17, 15) is 10.1 Å². The average Bonchev–Trinajstić information content (AvgIpc) is 2.71.